The summed E-state index contributed by atoms with van der Waals surface area (Å²) in [6, 6.07) is 13.0. The van der Waals surface area contributed by atoms with E-state index in [1.54, 1.807) is 25.3 Å². The van der Waals surface area contributed by atoms with E-state index in [1.165, 1.54) is 5.69 Å². The second kappa shape index (κ2) is 9.31. The molecule has 0 aromatic heterocycles. The topological polar surface area (TPSA) is 44.8 Å². The van der Waals surface area contributed by atoms with Crippen molar-refractivity contribution in [2.75, 3.05) is 51.3 Å². The van der Waals surface area contributed by atoms with Gasteiger partial charge in [-0.2, -0.15) is 0 Å². The first-order valence-corrected chi connectivity index (χ1v) is 9.67. The second-order valence-corrected chi connectivity index (χ2v) is 7.25. The Morgan fingerprint density at radius 3 is 2.44 bits per heavy atom. The van der Waals surface area contributed by atoms with Crippen molar-refractivity contribution in [3.8, 4) is 5.75 Å². The van der Waals surface area contributed by atoms with Crippen LogP contribution in [0.25, 0.3) is 0 Å². The molecule has 1 fully saturated rings. The van der Waals surface area contributed by atoms with E-state index in [0.717, 1.165) is 38.5 Å². The molecule has 1 amide bonds. The van der Waals surface area contributed by atoms with E-state index >= 15 is 0 Å². The number of carbonyl (C=O) groups is 1. The van der Waals surface area contributed by atoms with E-state index < -0.39 is 0 Å². The first-order valence-electron chi connectivity index (χ1n) is 8.91. The smallest absolute Gasteiger partial charge is 0.252 e. The summed E-state index contributed by atoms with van der Waals surface area (Å²) in [6.45, 7) is 5.21. The molecule has 0 atom stereocenters. The summed E-state index contributed by atoms with van der Waals surface area (Å²) in [5.41, 5.74) is 1.62. The molecular formula is C20H23Cl2N3O2. The highest BCUT2D eigenvalue weighted by Crippen LogP contribution is 2.21. The van der Waals surface area contributed by atoms with E-state index in [4.69, 9.17) is 27.9 Å². The summed E-state index contributed by atoms with van der Waals surface area (Å²) in [6.07, 6.45) is 0. The number of carbonyl (C=O) groups excluding carboxylic acids is 1. The van der Waals surface area contributed by atoms with Crippen LogP contribution in [0.15, 0.2) is 42.5 Å². The number of rotatable bonds is 6. The average molecular weight is 408 g/mol. The molecule has 1 saturated heterocycles. The molecule has 2 aromatic carbocycles. The summed E-state index contributed by atoms with van der Waals surface area (Å²) < 4.78 is 5.21. The highest BCUT2D eigenvalue weighted by molar-refractivity contribution is 6.35. The molecule has 1 N–H and O–H groups in total. The Morgan fingerprint density at radius 1 is 1.07 bits per heavy atom. The van der Waals surface area contributed by atoms with Crippen LogP contribution in [-0.4, -0.2) is 57.2 Å². The van der Waals surface area contributed by atoms with Crippen molar-refractivity contribution in [2.45, 2.75) is 0 Å². The van der Waals surface area contributed by atoms with Crippen molar-refractivity contribution in [3.05, 3.63) is 58.1 Å². The Balaban J connectivity index is 1.43. The number of nitrogens with one attached hydrogen (secondary N) is 1. The molecule has 5 nitrogen and oxygen atoms in total. The molecule has 0 saturated carbocycles. The lowest BCUT2D eigenvalue weighted by Gasteiger charge is -2.36. The van der Waals surface area contributed by atoms with Crippen LogP contribution in [0, 0.1) is 0 Å². The van der Waals surface area contributed by atoms with Gasteiger partial charge < -0.3 is 15.0 Å². The fourth-order valence-electron chi connectivity index (χ4n) is 3.12. The van der Waals surface area contributed by atoms with Gasteiger partial charge >= 0.3 is 0 Å². The minimum Gasteiger partial charge on any atom is -0.497 e. The Morgan fingerprint density at radius 2 is 1.78 bits per heavy atom. The molecule has 0 spiro atoms. The van der Waals surface area contributed by atoms with Crippen LogP contribution in [0.5, 0.6) is 5.75 Å². The molecule has 1 aliphatic heterocycles. The predicted molar refractivity (Wildman–Crippen MR) is 110 cm³/mol. The third kappa shape index (κ3) is 5.28. The molecule has 2 aromatic rings. The van der Waals surface area contributed by atoms with Crippen molar-refractivity contribution in [1.29, 1.82) is 0 Å². The number of hydrogen-bond acceptors (Lipinski definition) is 4. The number of ether oxygens (including phenoxy) is 1. The number of anilines is 1. The molecule has 0 bridgehead atoms. The van der Waals surface area contributed by atoms with Gasteiger partial charge in [-0.15, -0.1) is 0 Å². The van der Waals surface area contributed by atoms with Gasteiger partial charge in [-0.3, -0.25) is 9.69 Å². The quantitative estimate of drug-likeness (QED) is 0.794. The highest BCUT2D eigenvalue weighted by Gasteiger charge is 2.17. The van der Waals surface area contributed by atoms with Gasteiger partial charge in [0.1, 0.15) is 5.75 Å². The number of halogens is 2. The van der Waals surface area contributed by atoms with Crippen LogP contribution < -0.4 is 15.0 Å². The van der Waals surface area contributed by atoms with E-state index in [9.17, 15) is 4.79 Å². The summed E-state index contributed by atoms with van der Waals surface area (Å²) >= 11 is 12.0. The Labute approximate surface area is 169 Å². The minimum atomic E-state index is -0.195. The number of benzene rings is 2. The lowest BCUT2D eigenvalue weighted by Crippen LogP contribution is -2.48. The maximum Gasteiger partial charge on any atom is 0.252 e. The van der Waals surface area contributed by atoms with Crippen molar-refractivity contribution < 1.29 is 9.53 Å². The van der Waals surface area contributed by atoms with Crippen LogP contribution in [-0.2, 0) is 0 Å². The number of nitrogens with zero attached hydrogens (tertiary/aromatic N) is 2. The van der Waals surface area contributed by atoms with Gasteiger partial charge in [0.25, 0.3) is 5.91 Å². The van der Waals surface area contributed by atoms with Crippen molar-refractivity contribution in [2.24, 2.45) is 0 Å². The molecule has 27 heavy (non-hydrogen) atoms. The Hall–Kier alpha value is -1.95. The summed E-state index contributed by atoms with van der Waals surface area (Å²) in [7, 11) is 1.67. The molecule has 144 valence electrons. The first-order chi connectivity index (χ1) is 13.1. The van der Waals surface area contributed by atoms with Crippen molar-refractivity contribution in [3.63, 3.8) is 0 Å². The van der Waals surface area contributed by atoms with Gasteiger partial charge in [-0.1, -0.05) is 23.2 Å². The SMILES string of the molecule is COc1ccc(N2CCN(CCNC(=O)c3cc(Cl)ccc3Cl)CC2)cc1. The Kier molecular flexibility index (Phi) is 6.83. The lowest BCUT2D eigenvalue weighted by molar-refractivity contribution is 0.0948. The lowest BCUT2D eigenvalue weighted by atomic mass is 10.2. The van der Waals surface area contributed by atoms with Crippen LogP contribution in [0.3, 0.4) is 0 Å². The molecule has 7 heteroatoms. The largest absolute Gasteiger partial charge is 0.497 e. The summed E-state index contributed by atoms with van der Waals surface area (Å²) in [5, 5.41) is 3.83. The van der Waals surface area contributed by atoms with E-state index in [1.807, 2.05) is 12.1 Å². The zero-order valence-corrected chi connectivity index (χ0v) is 16.8. The van der Waals surface area contributed by atoms with Crippen LogP contribution >= 0.6 is 23.2 Å². The molecule has 1 heterocycles. The zero-order chi connectivity index (χ0) is 19.2. The molecule has 0 radical (unpaired) electrons. The summed E-state index contributed by atoms with van der Waals surface area (Å²) in [4.78, 5) is 17.0. The van der Waals surface area contributed by atoms with Gasteiger partial charge in [-0.25, -0.2) is 0 Å². The molecule has 0 aliphatic carbocycles. The van der Waals surface area contributed by atoms with Crippen LogP contribution in [0.4, 0.5) is 5.69 Å². The number of piperazine rings is 1. The number of amides is 1. The van der Waals surface area contributed by atoms with Gasteiger partial charge in [0.2, 0.25) is 0 Å². The number of methoxy groups -OCH3 is 1. The maximum absolute atomic E-state index is 12.3. The normalized spacial score (nSPS) is 14.9. The van der Waals surface area contributed by atoms with Gasteiger partial charge in [0.05, 0.1) is 17.7 Å². The fourth-order valence-corrected chi connectivity index (χ4v) is 3.49. The van der Waals surface area contributed by atoms with Crippen molar-refractivity contribution >= 4 is 34.8 Å². The van der Waals surface area contributed by atoms with Crippen LogP contribution in [0.2, 0.25) is 10.0 Å². The van der Waals surface area contributed by atoms with Crippen LogP contribution in [0.1, 0.15) is 10.4 Å². The molecule has 3 rings (SSSR count). The highest BCUT2D eigenvalue weighted by atomic mass is 35.5. The van der Waals surface area contributed by atoms with E-state index in [-0.39, 0.29) is 5.91 Å². The Bertz CT molecular complexity index is 775. The predicted octanol–water partition coefficient (Wildman–Crippen LogP) is 3.55. The monoisotopic (exact) mass is 407 g/mol. The minimum absolute atomic E-state index is 0.195. The third-order valence-electron chi connectivity index (χ3n) is 4.70. The standard InChI is InChI=1S/C20H23Cl2N3O2/c1-27-17-5-3-16(4-6-17)25-12-10-24(11-13-25)9-8-23-20(26)18-14-15(21)2-7-19(18)22/h2-7,14H,8-13H2,1H3,(H,23,26). The average Bonchev–Trinajstić information content (AvgIpc) is 2.70. The second-order valence-electron chi connectivity index (χ2n) is 6.41. The first kappa shape index (κ1) is 19.8. The van der Waals surface area contributed by atoms with E-state index in [2.05, 4.69) is 27.2 Å². The zero-order valence-electron chi connectivity index (χ0n) is 15.3. The molecular weight excluding hydrogens is 385 g/mol. The van der Waals surface area contributed by atoms with Gasteiger partial charge in [-0.05, 0) is 42.5 Å². The molecule has 0 unspecified atom stereocenters. The van der Waals surface area contributed by atoms with Crippen molar-refractivity contribution in [1.82, 2.24) is 10.2 Å². The fraction of sp³-hybridized carbons (Fsp3) is 0.350. The van der Waals surface area contributed by atoms with E-state index in [0.29, 0.717) is 22.2 Å². The van der Waals surface area contributed by atoms with Gasteiger partial charge in [0, 0.05) is 50.0 Å². The maximum atomic E-state index is 12.3. The third-order valence-corrected chi connectivity index (χ3v) is 5.26. The molecule has 1 aliphatic rings. The number of hydrogen-bond donors (Lipinski definition) is 1. The summed E-state index contributed by atoms with van der Waals surface area (Å²) in [5.74, 6) is 0.673. The van der Waals surface area contributed by atoms with Gasteiger partial charge in [0.15, 0.2) is 0 Å².